The van der Waals surface area contributed by atoms with E-state index in [9.17, 15) is 4.79 Å². The Labute approximate surface area is 73.4 Å². The normalized spacial score (nSPS) is 24.2. The van der Waals surface area contributed by atoms with Gasteiger partial charge < -0.3 is 10.0 Å². The molecule has 1 rings (SSSR count). The van der Waals surface area contributed by atoms with E-state index in [1.165, 1.54) is 6.42 Å². The van der Waals surface area contributed by atoms with E-state index in [1.54, 1.807) is 0 Å². The Balaban J connectivity index is 2.52. The molecule has 1 heterocycles. The molecule has 1 N–H and O–H groups in total. The van der Waals surface area contributed by atoms with E-state index < -0.39 is 0 Å². The summed E-state index contributed by atoms with van der Waals surface area (Å²) in [6, 6.07) is 0.374. The minimum atomic E-state index is -0.337. The molecule has 1 aliphatic rings. The van der Waals surface area contributed by atoms with Gasteiger partial charge in [0.2, 0.25) is 5.91 Å². The second-order valence-corrected chi connectivity index (χ2v) is 3.30. The lowest BCUT2D eigenvalue weighted by Crippen LogP contribution is -2.44. The van der Waals surface area contributed by atoms with Gasteiger partial charge in [0.25, 0.3) is 0 Å². The van der Waals surface area contributed by atoms with Crippen molar-refractivity contribution in [2.24, 2.45) is 0 Å². The first kappa shape index (κ1) is 9.52. The zero-order valence-corrected chi connectivity index (χ0v) is 7.62. The molecule has 3 heteroatoms. The average molecular weight is 171 g/mol. The molecule has 1 saturated heterocycles. The van der Waals surface area contributed by atoms with E-state index in [2.05, 4.69) is 6.92 Å². The Morgan fingerprint density at radius 2 is 2.33 bits per heavy atom. The molecule has 0 aliphatic carbocycles. The first-order chi connectivity index (χ1) is 5.79. The van der Waals surface area contributed by atoms with Gasteiger partial charge in [-0.2, -0.15) is 0 Å². The fraction of sp³-hybridized carbons (Fsp3) is 0.889. The summed E-state index contributed by atoms with van der Waals surface area (Å²) in [5.74, 6) is -0.110. The summed E-state index contributed by atoms with van der Waals surface area (Å²) in [4.78, 5) is 13.0. The van der Waals surface area contributed by atoms with E-state index in [1.807, 2.05) is 4.90 Å². The predicted molar refractivity (Wildman–Crippen MR) is 46.7 cm³/mol. The van der Waals surface area contributed by atoms with Crippen molar-refractivity contribution in [3.63, 3.8) is 0 Å². The molecule has 1 atom stereocenters. The van der Waals surface area contributed by atoms with E-state index in [0.717, 1.165) is 25.8 Å². The van der Waals surface area contributed by atoms with Crippen LogP contribution >= 0.6 is 0 Å². The topological polar surface area (TPSA) is 40.5 Å². The van der Waals surface area contributed by atoms with Crippen LogP contribution in [0.3, 0.4) is 0 Å². The molecule has 12 heavy (non-hydrogen) atoms. The van der Waals surface area contributed by atoms with Gasteiger partial charge in [0, 0.05) is 12.6 Å². The third-order valence-corrected chi connectivity index (χ3v) is 2.55. The summed E-state index contributed by atoms with van der Waals surface area (Å²) in [7, 11) is 0. The SMILES string of the molecule is CCC1CCCCN1C(=O)CO. The van der Waals surface area contributed by atoms with Crippen LogP contribution in [-0.2, 0) is 4.79 Å². The van der Waals surface area contributed by atoms with E-state index in [0.29, 0.717) is 6.04 Å². The average Bonchev–Trinajstić information content (AvgIpc) is 2.16. The van der Waals surface area contributed by atoms with Crippen molar-refractivity contribution in [1.29, 1.82) is 0 Å². The zero-order chi connectivity index (χ0) is 8.97. The van der Waals surface area contributed by atoms with Crippen molar-refractivity contribution in [2.45, 2.75) is 38.6 Å². The van der Waals surface area contributed by atoms with E-state index in [-0.39, 0.29) is 12.5 Å². The maximum Gasteiger partial charge on any atom is 0.248 e. The summed E-state index contributed by atoms with van der Waals surface area (Å²) in [6.07, 6.45) is 4.41. The highest BCUT2D eigenvalue weighted by Gasteiger charge is 2.24. The number of hydrogen-bond acceptors (Lipinski definition) is 2. The van der Waals surface area contributed by atoms with Crippen molar-refractivity contribution in [3.05, 3.63) is 0 Å². The van der Waals surface area contributed by atoms with Crippen LogP contribution in [0.1, 0.15) is 32.6 Å². The summed E-state index contributed by atoms with van der Waals surface area (Å²) in [6.45, 7) is 2.59. The van der Waals surface area contributed by atoms with Crippen LogP contribution in [0.25, 0.3) is 0 Å². The number of nitrogens with zero attached hydrogens (tertiary/aromatic N) is 1. The second-order valence-electron chi connectivity index (χ2n) is 3.30. The van der Waals surface area contributed by atoms with Crippen molar-refractivity contribution in [3.8, 4) is 0 Å². The van der Waals surface area contributed by atoms with Crippen LogP contribution in [0, 0.1) is 0 Å². The van der Waals surface area contributed by atoms with Gasteiger partial charge in [-0.25, -0.2) is 0 Å². The molecule has 0 bridgehead atoms. The van der Waals surface area contributed by atoms with Crippen molar-refractivity contribution in [1.82, 2.24) is 4.90 Å². The lowest BCUT2D eigenvalue weighted by molar-refractivity contribution is -0.137. The molecule has 1 unspecified atom stereocenters. The Morgan fingerprint density at radius 1 is 1.58 bits per heavy atom. The van der Waals surface area contributed by atoms with Gasteiger partial charge in [0.15, 0.2) is 0 Å². The molecule has 1 amide bonds. The van der Waals surface area contributed by atoms with E-state index >= 15 is 0 Å². The zero-order valence-electron chi connectivity index (χ0n) is 7.62. The third kappa shape index (κ3) is 1.97. The largest absolute Gasteiger partial charge is 0.387 e. The molecule has 0 aromatic heterocycles. The molecular weight excluding hydrogens is 154 g/mol. The van der Waals surface area contributed by atoms with Crippen LogP contribution < -0.4 is 0 Å². The number of hydrogen-bond donors (Lipinski definition) is 1. The molecule has 70 valence electrons. The Morgan fingerprint density at radius 3 is 2.92 bits per heavy atom. The molecule has 1 fully saturated rings. The van der Waals surface area contributed by atoms with Gasteiger partial charge in [0.05, 0.1) is 0 Å². The molecule has 1 aliphatic heterocycles. The highest BCUT2D eigenvalue weighted by Crippen LogP contribution is 2.18. The highest BCUT2D eigenvalue weighted by molar-refractivity contribution is 5.77. The molecule has 3 nitrogen and oxygen atoms in total. The minimum absolute atomic E-state index is 0.110. The van der Waals surface area contributed by atoms with Crippen molar-refractivity contribution < 1.29 is 9.90 Å². The van der Waals surface area contributed by atoms with Gasteiger partial charge in [-0.15, -0.1) is 0 Å². The van der Waals surface area contributed by atoms with Crippen molar-refractivity contribution >= 4 is 5.91 Å². The van der Waals surface area contributed by atoms with Crippen molar-refractivity contribution in [2.75, 3.05) is 13.2 Å². The maximum absolute atomic E-state index is 11.2. The van der Waals surface area contributed by atoms with Gasteiger partial charge in [-0.3, -0.25) is 4.79 Å². The van der Waals surface area contributed by atoms with Gasteiger partial charge >= 0.3 is 0 Å². The number of likely N-dealkylation sites (tertiary alicyclic amines) is 1. The number of amides is 1. The van der Waals surface area contributed by atoms with E-state index in [4.69, 9.17) is 5.11 Å². The lowest BCUT2D eigenvalue weighted by atomic mass is 10.00. The fourth-order valence-electron chi connectivity index (χ4n) is 1.84. The van der Waals surface area contributed by atoms with Crippen LogP contribution in [0.5, 0.6) is 0 Å². The molecular formula is C9H17NO2. The van der Waals surface area contributed by atoms with Crippen LogP contribution in [0.4, 0.5) is 0 Å². The number of aliphatic hydroxyl groups is 1. The van der Waals surface area contributed by atoms with Crippen LogP contribution in [0.15, 0.2) is 0 Å². The lowest BCUT2D eigenvalue weighted by Gasteiger charge is -2.34. The molecule has 0 saturated carbocycles. The standard InChI is InChI=1S/C9H17NO2/c1-2-8-5-3-4-6-10(8)9(12)7-11/h8,11H,2-7H2,1H3. The molecule has 0 aromatic rings. The second kappa shape index (κ2) is 4.45. The number of carbonyl (C=O) groups is 1. The summed E-state index contributed by atoms with van der Waals surface area (Å²) in [5.41, 5.74) is 0. The van der Waals surface area contributed by atoms with Gasteiger partial charge in [0.1, 0.15) is 6.61 Å². The monoisotopic (exact) mass is 171 g/mol. The Kier molecular flexibility index (Phi) is 3.53. The third-order valence-electron chi connectivity index (χ3n) is 2.55. The molecule has 0 spiro atoms. The highest BCUT2D eigenvalue weighted by atomic mass is 16.3. The number of carbonyl (C=O) groups excluding carboxylic acids is 1. The Hall–Kier alpha value is -0.570. The Bertz CT molecular complexity index is 159. The minimum Gasteiger partial charge on any atom is -0.387 e. The quantitative estimate of drug-likeness (QED) is 0.666. The summed E-state index contributed by atoms with van der Waals surface area (Å²) >= 11 is 0. The summed E-state index contributed by atoms with van der Waals surface area (Å²) in [5, 5.41) is 8.71. The predicted octanol–water partition coefficient (Wildman–Crippen LogP) is 0.770. The first-order valence-corrected chi connectivity index (χ1v) is 4.70. The number of rotatable bonds is 2. The van der Waals surface area contributed by atoms with Crippen LogP contribution in [0.2, 0.25) is 0 Å². The van der Waals surface area contributed by atoms with Gasteiger partial charge in [-0.1, -0.05) is 6.92 Å². The molecule has 0 aromatic carbocycles. The number of piperidine rings is 1. The van der Waals surface area contributed by atoms with Gasteiger partial charge in [-0.05, 0) is 25.7 Å². The summed E-state index contributed by atoms with van der Waals surface area (Å²) < 4.78 is 0. The number of aliphatic hydroxyl groups excluding tert-OH is 1. The fourth-order valence-corrected chi connectivity index (χ4v) is 1.84. The molecule has 0 radical (unpaired) electrons. The first-order valence-electron chi connectivity index (χ1n) is 4.70. The smallest absolute Gasteiger partial charge is 0.248 e. The van der Waals surface area contributed by atoms with Crippen LogP contribution in [-0.4, -0.2) is 35.1 Å². The maximum atomic E-state index is 11.2.